The average molecular weight is 341 g/mol. The first-order valence-electron chi connectivity index (χ1n) is 7.20. The predicted octanol–water partition coefficient (Wildman–Crippen LogP) is 3.05. The fourth-order valence-electron chi connectivity index (χ4n) is 2.32. The van der Waals surface area contributed by atoms with Crippen LogP contribution in [0.1, 0.15) is 21.5 Å². The molecule has 0 heterocycles. The molecule has 0 bridgehead atoms. The number of hydrogen-bond donors (Lipinski definition) is 1. The molecular formula is C19H15ClNO3. The van der Waals surface area contributed by atoms with E-state index in [0.717, 1.165) is 5.56 Å². The lowest BCUT2D eigenvalue weighted by molar-refractivity contribution is -0.141. The van der Waals surface area contributed by atoms with Gasteiger partial charge < -0.3 is 10.0 Å². The van der Waals surface area contributed by atoms with Crippen molar-refractivity contribution in [1.29, 1.82) is 0 Å². The van der Waals surface area contributed by atoms with Crippen LogP contribution in [0, 0.1) is 12.3 Å². The van der Waals surface area contributed by atoms with Gasteiger partial charge in [-0.2, -0.15) is 0 Å². The van der Waals surface area contributed by atoms with Crippen LogP contribution in [0.25, 0.3) is 0 Å². The minimum Gasteiger partial charge on any atom is -0.480 e. The molecule has 0 aromatic heterocycles. The van der Waals surface area contributed by atoms with Gasteiger partial charge in [0, 0.05) is 24.6 Å². The summed E-state index contributed by atoms with van der Waals surface area (Å²) in [5.41, 5.74) is 1.46. The minimum absolute atomic E-state index is 0.207. The van der Waals surface area contributed by atoms with Gasteiger partial charge in [-0.1, -0.05) is 47.9 Å². The molecule has 4 nitrogen and oxygen atoms in total. The van der Waals surface area contributed by atoms with Gasteiger partial charge in [0.25, 0.3) is 5.91 Å². The van der Waals surface area contributed by atoms with Gasteiger partial charge >= 0.3 is 5.97 Å². The summed E-state index contributed by atoms with van der Waals surface area (Å²) in [6.45, 7) is 0. The number of carbonyl (C=O) groups is 2. The average Bonchev–Trinajstić information content (AvgIpc) is 2.59. The summed E-state index contributed by atoms with van der Waals surface area (Å²) in [5.74, 6) is 0.637. The van der Waals surface area contributed by atoms with Gasteiger partial charge in [0.1, 0.15) is 6.04 Å². The molecule has 1 atom stereocenters. The maximum Gasteiger partial charge on any atom is 0.326 e. The van der Waals surface area contributed by atoms with Crippen molar-refractivity contribution in [2.45, 2.75) is 12.5 Å². The number of benzene rings is 2. The Morgan fingerprint density at radius 1 is 1.25 bits per heavy atom. The van der Waals surface area contributed by atoms with Crippen LogP contribution >= 0.6 is 11.6 Å². The number of carbonyl (C=O) groups excluding carboxylic acids is 1. The molecule has 0 spiro atoms. The van der Waals surface area contributed by atoms with E-state index in [4.69, 9.17) is 18.0 Å². The van der Waals surface area contributed by atoms with E-state index >= 15 is 0 Å². The second kappa shape index (κ2) is 7.67. The highest BCUT2D eigenvalue weighted by molar-refractivity contribution is 6.32. The lowest BCUT2D eigenvalue weighted by Crippen LogP contribution is -2.43. The summed E-state index contributed by atoms with van der Waals surface area (Å²) in [4.78, 5) is 25.4. The van der Waals surface area contributed by atoms with Crippen molar-refractivity contribution < 1.29 is 14.7 Å². The van der Waals surface area contributed by atoms with Crippen LogP contribution in [0.15, 0.2) is 48.5 Å². The van der Waals surface area contributed by atoms with Crippen molar-refractivity contribution in [2.75, 3.05) is 7.05 Å². The first-order valence-corrected chi connectivity index (χ1v) is 7.58. The van der Waals surface area contributed by atoms with E-state index in [1.807, 2.05) is 30.3 Å². The number of hydrogen-bond acceptors (Lipinski definition) is 2. The zero-order valence-corrected chi connectivity index (χ0v) is 13.7. The standard InChI is InChI=1S/C19H15ClNO3/c1-3-14-9-10-15(12-16(14)20)18(22)21(2)17(19(23)24)11-13-7-5-4-6-8-13/h4-10,12,17H,11H2,2H3,(H,23,24)/t17-/m0/s1. The van der Waals surface area contributed by atoms with Crippen LogP contribution in [0.2, 0.25) is 5.02 Å². The van der Waals surface area contributed by atoms with E-state index in [9.17, 15) is 14.7 Å². The van der Waals surface area contributed by atoms with Crippen LogP contribution in [-0.4, -0.2) is 35.0 Å². The zero-order chi connectivity index (χ0) is 17.7. The molecule has 24 heavy (non-hydrogen) atoms. The van der Waals surface area contributed by atoms with Crippen LogP contribution in [-0.2, 0) is 11.2 Å². The Morgan fingerprint density at radius 3 is 2.46 bits per heavy atom. The van der Waals surface area contributed by atoms with E-state index in [1.165, 1.54) is 30.1 Å². The highest BCUT2D eigenvalue weighted by atomic mass is 35.5. The number of amides is 1. The minimum atomic E-state index is -1.08. The van der Waals surface area contributed by atoms with E-state index < -0.39 is 17.9 Å². The number of carboxylic acid groups (broad SMARTS) is 1. The smallest absolute Gasteiger partial charge is 0.326 e. The Morgan fingerprint density at radius 2 is 1.92 bits per heavy atom. The fraction of sp³-hybridized carbons (Fsp3) is 0.158. The summed E-state index contributed by atoms with van der Waals surface area (Å²) in [5, 5.41) is 9.70. The van der Waals surface area contributed by atoms with Gasteiger partial charge in [0.2, 0.25) is 0 Å². The maximum atomic E-state index is 12.6. The fourth-order valence-corrected chi connectivity index (χ4v) is 2.55. The van der Waals surface area contributed by atoms with Crippen LogP contribution < -0.4 is 0 Å². The van der Waals surface area contributed by atoms with Crippen molar-refractivity contribution in [3.63, 3.8) is 0 Å². The molecule has 2 aromatic carbocycles. The summed E-state index contributed by atoms with van der Waals surface area (Å²) < 4.78 is 0. The molecule has 0 unspecified atom stereocenters. The molecule has 1 radical (unpaired) electrons. The molecule has 2 aromatic rings. The third-order valence-corrected chi connectivity index (χ3v) is 4.01. The molecule has 0 saturated carbocycles. The third-order valence-electron chi connectivity index (χ3n) is 3.70. The highest BCUT2D eigenvalue weighted by Crippen LogP contribution is 2.19. The van der Waals surface area contributed by atoms with Gasteiger partial charge in [0.15, 0.2) is 0 Å². The van der Waals surface area contributed by atoms with Crippen molar-refractivity contribution in [2.24, 2.45) is 0 Å². The van der Waals surface area contributed by atoms with Crippen LogP contribution in [0.4, 0.5) is 0 Å². The zero-order valence-electron chi connectivity index (χ0n) is 13.0. The van der Waals surface area contributed by atoms with Gasteiger partial charge in [0.05, 0.1) is 5.02 Å². The van der Waals surface area contributed by atoms with Gasteiger partial charge in [-0.3, -0.25) is 4.79 Å². The van der Waals surface area contributed by atoms with E-state index in [-0.39, 0.29) is 17.0 Å². The first-order chi connectivity index (χ1) is 11.4. The Bertz CT molecular complexity index is 796. The third kappa shape index (κ3) is 3.95. The summed E-state index contributed by atoms with van der Waals surface area (Å²) in [7, 11) is 1.45. The molecule has 1 N–H and O–H groups in total. The second-order valence-corrected chi connectivity index (χ2v) is 5.69. The molecule has 121 valence electrons. The Hall–Kier alpha value is -2.77. The van der Waals surface area contributed by atoms with Crippen LogP contribution in [0.3, 0.4) is 0 Å². The Kier molecular flexibility index (Phi) is 5.62. The summed E-state index contributed by atoms with van der Waals surface area (Å²) >= 11 is 5.98. The molecular weight excluding hydrogens is 326 g/mol. The van der Waals surface area contributed by atoms with Crippen LogP contribution in [0.5, 0.6) is 0 Å². The number of likely N-dealkylation sites (N-methyl/N-ethyl adjacent to an activating group) is 1. The Balaban J connectivity index is 2.24. The van der Waals surface area contributed by atoms with Gasteiger partial charge in [-0.25, -0.2) is 4.79 Å². The summed E-state index contributed by atoms with van der Waals surface area (Å²) in [6, 6.07) is 12.6. The largest absolute Gasteiger partial charge is 0.480 e. The molecule has 0 aliphatic carbocycles. The molecule has 0 aliphatic rings. The van der Waals surface area contributed by atoms with Crippen molar-refractivity contribution >= 4 is 23.5 Å². The lowest BCUT2D eigenvalue weighted by Gasteiger charge is -2.25. The SMILES string of the molecule is [C]#Cc1ccc(C(=O)N(C)[C@@H](Cc2ccccc2)C(=O)O)cc1Cl. The molecule has 5 heteroatoms. The van der Waals surface area contributed by atoms with Gasteiger partial charge in [-0.05, 0) is 30.2 Å². The predicted molar refractivity (Wildman–Crippen MR) is 91.3 cm³/mol. The van der Waals surface area contributed by atoms with Crippen molar-refractivity contribution in [1.82, 2.24) is 4.90 Å². The van der Waals surface area contributed by atoms with Crippen molar-refractivity contribution in [3.05, 3.63) is 76.7 Å². The van der Waals surface area contributed by atoms with Gasteiger partial charge in [-0.15, -0.1) is 0 Å². The normalized spacial score (nSPS) is 11.4. The number of rotatable bonds is 5. The molecule has 0 aliphatic heterocycles. The number of nitrogens with zero attached hydrogens (tertiary/aromatic N) is 1. The quantitative estimate of drug-likeness (QED) is 0.851. The second-order valence-electron chi connectivity index (χ2n) is 5.28. The van der Waals surface area contributed by atoms with Crippen molar-refractivity contribution in [3.8, 4) is 5.92 Å². The molecule has 1 amide bonds. The number of halogens is 1. The lowest BCUT2D eigenvalue weighted by atomic mass is 10.0. The topological polar surface area (TPSA) is 57.6 Å². The maximum absolute atomic E-state index is 12.6. The molecule has 2 rings (SSSR count). The van der Waals surface area contributed by atoms with E-state index in [0.29, 0.717) is 5.56 Å². The monoisotopic (exact) mass is 340 g/mol. The Labute approximate surface area is 145 Å². The molecule has 0 saturated heterocycles. The van der Waals surface area contributed by atoms with E-state index in [2.05, 4.69) is 5.92 Å². The number of aliphatic carboxylic acids is 1. The summed E-state index contributed by atoms with van der Waals surface area (Å²) in [6.07, 6.45) is 7.30. The number of carboxylic acids is 1. The molecule has 0 fully saturated rings. The highest BCUT2D eigenvalue weighted by Gasteiger charge is 2.27. The first kappa shape index (κ1) is 17.6. The van der Waals surface area contributed by atoms with E-state index in [1.54, 1.807) is 0 Å².